The zero-order chi connectivity index (χ0) is 22.6. The van der Waals surface area contributed by atoms with Crippen molar-refractivity contribution < 1.29 is 23.4 Å². The lowest BCUT2D eigenvalue weighted by Gasteiger charge is -2.28. The largest absolute Gasteiger partial charge is 0.444 e. The fourth-order valence-corrected chi connectivity index (χ4v) is 3.62. The van der Waals surface area contributed by atoms with E-state index in [9.17, 15) is 18.7 Å². The van der Waals surface area contributed by atoms with Gasteiger partial charge in [0.1, 0.15) is 17.2 Å². The van der Waals surface area contributed by atoms with E-state index >= 15 is 0 Å². The van der Waals surface area contributed by atoms with E-state index in [0.29, 0.717) is 5.56 Å². The van der Waals surface area contributed by atoms with Crippen molar-refractivity contribution in [3.63, 3.8) is 0 Å². The maximum absolute atomic E-state index is 13.6. The lowest BCUT2D eigenvalue weighted by atomic mass is 9.99. The van der Waals surface area contributed by atoms with Gasteiger partial charge in [-0.15, -0.1) is 0 Å². The Morgan fingerprint density at radius 1 is 1.13 bits per heavy atom. The number of benzene rings is 2. The van der Waals surface area contributed by atoms with E-state index in [0.717, 1.165) is 24.5 Å². The number of hydrogen-bond donors (Lipinski definition) is 3. The quantitative estimate of drug-likeness (QED) is 0.589. The highest BCUT2D eigenvalue weighted by molar-refractivity contribution is 5.68. The van der Waals surface area contributed by atoms with E-state index in [2.05, 4.69) is 10.6 Å². The average Bonchev–Trinajstić information content (AvgIpc) is 3.45. The maximum atomic E-state index is 13.6. The van der Waals surface area contributed by atoms with E-state index in [-0.39, 0.29) is 18.5 Å². The van der Waals surface area contributed by atoms with Crippen LogP contribution in [0.5, 0.6) is 0 Å². The molecule has 0 aromatic heterocycles. The predicted octanol–water partition coefficient (Wildman–Crippen LogP) is 4.04. The van der Waals surface area contributed by atoms with E-state index in [1.54, 1.807) is 20.8 Å². The summed E-state index contributed by atoms with van der Waals surface area (Å²) >= 11 is 0. The number of nitrogens with one attached hydrogen (secondary N) is 2. The van der Waals surface area contributed by atoms with Gasteiger partial charge in [0.25, 0.3) is 0 Å². The van der Waals surface area contributed by atoms with E-state index in [1.165, 1.54) is 12.1 Å². The number of rotatable bonds is 8. The summed E-state index contributed by atoms with van der Waals surface area (Å²) in [6.07, 6.45) is 0.249. The Morgan fingerprint density at radius 2 is 1.74 bits per heavy atom. The van der Waals surface area contributed by atoms with Crippen molar-refractivity contribution in [1.82, 2.24) is 10.6 Å². The van der Waals surface area contributed by atoms with Crippen LogP contribution in [0.25, 0.3) is 0 Å². The fraction of sp³-hybridized carbons (Fsp3) is 0.458. The van der Waals surface area contributed by atoms with Crippen LogP contribution in [0, 0.1) is 11.6 Å². The second-order valence-electron chi connectivity index (χ2n) is 9.13. The maximum Gasteiger partial charge on any atom is 0.407 e. The van der Waals surface area contributed by atoms with Crippen LogP contribution in [0.15, 0.2) is 48.5 Å². The van der Waals surface area contributed by atoms with Crippen LogP contribution >= 0.6 is 0 Å². The molecule has 1 aliphatic carbocycles. The molecule has 1 amide bonds. The van der Waals surface area contributed by atoms with E-state index in [4.69, 9.17) is 4.74 Å². The van der Waals surface area contributed by atoms with Crippen molar-refractivity contribution >= 4 is 6.09 Å². The number of ether oxygens (including phenoxy) is 1. The summed E-state index contributed by atoms with van der Waals surface area (Å²) in [4.78, 5) is 12.3. The Labute approximate surface area is 181 Å². The third kappa shape index (κ3) is 6.74. The molecule has 168 valence electrons. The third-order valence-electron chi connectivity index (χ3n) is 5.27. The monoisotopic (exact) mass is 432 g/mol. The predicted molar refractivity (Wildman–Crippen MR) is 115 cm³/mol. The van der Waals surface area contributed by atoms with Gasteiger partial charge in [-0.25, -0.2) is 13.6 Å². The van der Waals surface area contributed by atoms with E-state index < -0.39 is 35.5 Å². The summed E-state index contributed by atoms with van der Waals surface area (Å²) in [5, 5.41) is 16.9. The number of hydrogen-bond acceptors (Lipinski definition) is 4. The molecule has 5 nitrogen and oxygen atoms in total. The smallest absolute Gasteiger partial charge is 0.407 e. The number of halogens is 2. The van der Waals surface area contributed by atoms with Crippen molar-refractivity contribution in [2.45, 2.75) is 63.3 Å². The molecular weight excluding hydrogens is 402 g/mol. The number of carbonyl (C=O) groups is 1. The summed E-state index contributed by atoms with van der Waals surface area (Å²) in [6, 6.07) is 12.4. The van der Waals surface area contributed by atoms with Crippen LogP contribution in [0.3, 0.4) is 0 Å². The van der Waals surface area contributed by atoms with Gasteiger partial charge >= 0.3 is 6.09 Å². The normalized spacial score (nSPS) is 17.0. The molecule has 3 rings (SSSR count). The van der Waals surface area contributed by atoms with Gasteiger partial charge in [-0.05, 0) is 63.3 Å². The van der Waals surface area contributed by atoms with Gasteiger partial charge < -0.3 is 20.5 Å². The van der Waals surface area contributed by atoms with Crippen LogP contribution in [-0.2, 0) is 16.7 Å². The molecule has 1 fully saturated rings. The summed E-state index contributed by atoms with van der Waals surface area (Å²) in [5.41, 5.74) is 0.575. The van der Waals surface area contributed by atoms with Gasteiger partial charge in [-0.3, -0.25) is 0 Å². The van der Waals surface area contributed by atoms with Crippen LogP contribution in [0.1, 0.15) is 44.7 Å². The first kappa shape index (κ1) is 23.2. The second-order valence-corrected chi connectivity index (χ2v) is 9.13. The number of alkyl carbamates (subject to hydrolysis) is 1. The molecule has 0 aliphatic heterocycles. The lowest BCUT2D eigenvalue weighted by Crippen LogP contribution is -2.51. The molecule has 31 heavy (non-hydrogen) atoms. The highest BCUT2D eigenvalue weighted by Gasteiger charge is 2.44. The van der Waals surface area contributed by atoms with Crippen molar-refractivity contribution in [2.75, 3.05) is 6.54 Å². The molecule has 7 heteroatoms. The molecule has 0 radical (unpaired) electrons. The topological polar surface area (TPSA) is 70.6 Å². The van der Waals surface area contributed by atoms with Gasteiger partial charge in [-0.1, -0.05) is 30.3 Å². The summed E-state index contributed by atoms with van der Waals surface area (Å²) < 4.78 is 32.6. The van der Waals surface area contributed by atoms with Gasteiger partial charge in [0, 0.05) is 18.2 Å². The summed E-state index contributed by atoms with van der Waals surface area (Å²) in [5.74, 6) is -1.42. The van der Waals surface area contributed by atoms with E-state index in [1.807, 2.05) is 30.3 Å². The first-order valence-corrected chi connectivity index (χ1v) is 10.5. The Bertz CT molecular complexity index is 875. The van der Waals surface area contributed by atoms with Crippen LogP contribution < -0.4 is 10.6 Å². The molecule has 2 aromatic carbocycles. The molecule has 1 aliphatic rings. The number of aliphatic hydroxyl groups is 1. The Hall–Kier alpha value is -2.51. The molecular formula is C24H30F2N2O3. The molecule has 2 unspecified atom stereocenters. The molecule has 0 spiro atoms. The van der Waals surface area contributed by atoms with Crippen LogP contribution in [-0.4, -0.2) is 35.5 Å². The number of amides is 1. The molecule has 0 saturated heterocycles. The van der Waals surface area contributed by atoms with Gasteiger partial charge in [0.15, 0.2) is 0 Å². The van der Waals surface area contributed by atoms with Crippen molar-refractivity contribution in [1.29, 1.82) is 0 Å². The zero-order valence-electron chi connectivity index (χ0n) is 18.1. The molecule has 2 atom stereocenters. The van der Waals surface area contributed by atoms with Gasteiger partial charge in [0.05, 0.1) is 12.1 Å². The Kier molecular flexibility index (Phi) is 6.96. The number of carbonyl (C=O) groups excluding carboxylic acids is 1. The van der Waals surface area contributed by atoms with Crippen LogP contribution in [0.4, 0.5) is 13.6 Å². The standard InChI is InChI=1S/C24H30F2N2O3/c1-23(2,3)31-22(30)28-20(13-16-11-18(25)14-19(26)12-16)21(29)15-27-24(9-10-24)17-7-5-4-6-8-17/h4-8,11-12,14,20-21,27,29H,9-10,13,15H2,1-3H3,(H,28,30). The van der Waals surface area contributed by atoms with Crippen molar-refractivity contribution in [2.24, 2.45) is 0 Å². The Morgan fingerprint density at radius 3 is 2.29 bits per heavy atom. The number of aliphatic hydroxyl groups excluding tert-OH is 1. The highest BCUT2D eigenvalue weighted by atomic mass is 19.1. The van der Waals surface area contributed by atoms with Gasteiger partial charge in [0.2, 0.25) is 0 Å². The minimum Gasteiger partial charge on any atom is -0.444 e. The van der Waals surface area contributed by atoms with Crippen LogP contribution in [0.2, 0.25) is 0 Å². The molecule has 2 aromatic rings. The first-order chi connectivity index (χ1) is 14.6. The van der Waals surface area contributed by atoms with Crippen molar-refractivity contribution in [3.05, 3.63) is 71.3 Å². The molecule has 1 saturated carbocycles. The average molecular weight is 433 g/mol. The minimum atomic E-state index is -1.000. The van der Waals surface area contributed by atoms with Gasteiger partial charge in [-0.2, -0.15) is 0 Å². The summed E-state index contributed by atoms with van der Waals surface area (Å²) in [6.45, 7) is 5.40. The minimum absolute atomic E-state index is 0.0507. The lowest BCUT2D eigenvalue weighted by molar-refractivity contribution is 0.0419. The first-order valence-electron chi connectivity index (χ1n) is 10.5. The van der Waals surface area contributed by atoms with Crippen molar-refractivity contribution in [3.8, 4) is 0 Å². The molecule has 0 bridgehead atoms. The molecule has 3 N–H and O–H groups in total. The Balaban J connectivity index is 1.70. The third-order valence-corrected chi connectivity index (χ3v) is 5.27. The fourth-order valence-electron chi connectivity index (χ4n) is 3.62. The second kappa shape index (κ2) is 9.32. The molecule has 0 heterocycles. The zero-order valence-corrected chi connectivity index (χ0v) is 18.1. The summed E-state index contributed by atoms with van der Waals surface area (Å²) in [7, 11) is 0. The highest BCUT2D eigenvalue weighted by Crippen LogP contribution is 2.45. The SMILES string of the molecule is CC(C)(C)OC(=O)NC(Cc1cc(F)cc(F)c1)C(O)CNC1(c2ccccc2)CC1.